The van der Waals surface area contributed by atoms with Crippen LogP contribution in [0.2, 0.25) is 0 Å². The molecule has 2 aromatic carbocycles. The summed E-state index contributed by atoms with van der Waals surface area (Å²) < 4.78 is 14.8. The molecule has 3 aromatic rings. The average Bonchev–Trinajstić information content (AvgIpc) is 3.13. The summed E-state index contributed by atoms with van der Waals surface area (Å²) in [4.78, 5) is 14.3. The standard InChI is InChI=1S/C18H18FN5OS/c1-2-23(12-14-7-4-3-5-8-14)17(25)13-26-18-20-21-22-24(18)16-10-6-9-15(19)11-16/h3-11H,2,12-13H2,1H3. The Hall–Kier alpha value is -2.74. The van der Waals surface area contributed by atoms with Crippen LogP contribution in [0, 0.1) is 5.82 Å². The number of tetrazole rings is 1. The second-order valence-corrected chi connectivity index (χ2v) is 6.48. The largest absolute Gasteiger partial charge is 0.338 e. The number of benzene rings is 2. The van der Waals surface area contributed by atoms with Crippen molar-refractivity contribution in [3.63, 3.8) is 0 Å². The van der Waals surface area contributed by atoms with Gasteiger partial charge in [-0.2, -0.15) is 4.68 Å². The number of hydrogen-bond donors (Lipinski definition) is 0. The van der Waals surface area contributed by atoms with Crippen molar-refractivity contribution in [2.24, 2.45) is 0 Å². The van der Waals surface area contributed by atoms with Crippen LogP contribution in [0.25, 0.3) is 5.69 Å². The van der Waals surface area contributed by atoms with E-state index in [0.717, 1.165) is 5.56 Å². The van der Waals surface area contributed by atoms with Crippen LogP contribution in [0.4, 0.5) is 4.39 Å². The zero-order valence-corrected chi connectivity index (χ0v) is 15.1. The molecule has 0 fully saturated rings. The van der Waals surface area contributed by atoms with Gasteiger partial charge < -0.3 is 4.90 Å². The smallest absolute Gasteiger partial charge is 0.233 e. The van der Waals surface area contributed by atoms with Crippen LogP contribution >= 0.6 is 11.8 Å². The molecule has 0 radical (unpaired) electrons. The monoisotopic (exact) mass is 371 g/mol. The van der Waals surface area contributed by atoms with Crippen LogP contribution in [0.1, 0.15) is 12.5 Å². The van der Waals surface area contributed by atoms with E-state index in [9.17, 15) is 9.18 Å². The highest BCUT2D eigenvalue weighted by Crippen LogP contribution is 2.19. The molecule has 1 aromatic heterocycles. The third kappa shape index (κ3) is 4.45. The van der Waals surface area contributed by atoms with E-state index in [0.29, 0.717) is 23.9 Å². The predicted octanol–water partition coefficient (Wildman–Crippen LogP) is 2.94. The number of carbonyl (C=O) groups excluding carboxylic acids is 1. The minimum atomic E-state index is -0.370. The van der Waals surface area contributed by atoms with Gasteiger partial charge in [-0.05, 0) is 41.1 Å². The lowest BCUT2D eigenvalue weighted by molar-refractivity contribution is -0.128. The van der Waals surface area contributed by atoms with E-state index in [1.807, 2.05) is 37.3 Å². The molecule has 0 N–H and O–H groups in total. The fourth-order valence-electron chi connectivity index (χ4n) is 2.44. The minimum absolute atomic E-state index is 0.00450. The molecular weight excluding hydrogens is 353 g/mol. The van der Waals surface area contributed by atoms with Crippen molar-refractivity contribution in [3.8, 4) is 5.69 Å². The number of thioether (sulfide) groups is 1. The number of carbonyl (C=O) groups is 1. The number of rotatable bonds is 7. The van der Waals surface area contributed by atoms with E-state index >= 15 is 0 Å². The zero-order valence-electron chi connectivity index (χ0n) is 14.2. The van der Waals surface area contributed by atoms with E-state index in [-0.39, 0.29) is 17.5 Å². The fraction of sp³-hybridized carbons (Fsp3) is 0.222. The van der Waals surface area contributed by atoms with Gasteiger partial charge in [-0.1, -0.05) is 48.2 Å². The second kappa shape index (κ2) is 8.57. The topological polar surface area (TPSA) is 63.9 Å². The lowest BCUT2D eigenvalue weighted by atomic mass is 10.2. The van der Waals surface area contributed by atoms with Gasteiger partial charge in [-0.15, -0.1) is 5.10 Å². The number of halogens is 1. The molecule has 8 heteroatoms. The molecular formula is C18H18FN5OS. The molecule has 0 unspecified atom stereocenters. The number of nitrogens with zero attached hydrogens (tertiary/aromatic N) is 5. The lowest BCUT2D eigenvalue weighted by Crippen LogP contribution is -2.31. The first-order chi connectivity index (χ1) is 12.7. The summed E-state index contributed by atoms with van der Waals surface area (Å²) in [6.07, 6.45) is 0. The molecule has 0 spiro atoms. The number of amides is 1. The fourth-order valence-corrected chi connectivity index (χ4v) is 3.23. The van der Waals surface area contributed by atoms with E-state index in [1.165, 1.54) is 28.6 Å². The van der Waals surface area contributed by atoms with Gasteiger partial charge in [-0.25, -0.2) is 4.39 Å². The third-order valence-corrected chi connectivity index (χ3v) is 4.67. The van der Waals surface area contributed by atoms with Crippen LogP contribution < -0.4 is 0 Å². The van der Waals surface area contributed by atoms with Gasteiger partial charge in [0.1, 0.15) is 5.82 Å². The first-order valence-corrected chi connectivity index (χ1v) is 9.14. The molecule has 6 nitrogen and oxygen atoms in total. The molecule has 134 valence electrons. The summed E-state index contributed by atoms with van der Waals surface area (Å²) in [6.45, 7) is 3.12. The summed E-state index contributed by atoms with van der Waals surface area (Å²) in [5.74, 6) is -0.170. The molecule has 0 saturated heterocycles. The van der Waals surface area contributed by atoms with Gasteiger partial charge in [0.15, 0.2) is 0 Å². The maximum Gasteiger partial charge on any atom is 0.233 e. The SMILES string of the molecule is CCN(Cc1ccccc1)C(=O)CSc1nnnn1-c1cccc(F)c1. The van der Waals surface area contributed by atoms with Gasteiger partial charge in [-0.3, -0.25) is 4.79 Å². The second-order valence-electron chi connectivity index (χ2n) is 5.54. The molecule has 1 heterocycles. The summed E-state index contributed by atoms with van der Waals surface area (Å²) in [5.41, 5.74) is 1.60. The molecule has 0 saturated carbocycles. The van der Waals surface area contributed by atoms with E-state index in [2.05, 4.69) is 15.5 Å². The Balaban J connectivity index is 1.65. The molecule has 0 aliphatic carbocycles. The molecule has 1 amide bonds. The Morgan fingerprint density at radius 3 is 2.73 bits per heavy atom. The first kappa shape index (κ1) is 18.1. The van der Waals surface area contributed by atoms with Crippen LogP contribution in [0.3, 0.4) is 0 Å². The van der Waals surface area contributed by atoms with Crippen molar-refractivity contribution in [3.05, 3.63) is 66.0 Å². The molecule has 0 aliphatic heterocycles. The normalized spacial score (nSPS) is 10.7. The van der Waals surface area contributed by atoms with Crippen molar-refractivity contribution in [1.29, 1.82) is 0 Å². The van der Waals surface area contributed by atoms with Gasteiger partial charge in [0.25, 0.3) is 0 Å². The van der Waals surface area contributed by atoms with Gasteiger partial charge in [0.05, 0.1) is 11.4 Å². The quantitative estimate of drug-likeness (QED) is 0.598. The highest BCUT2D eigenvalue weighted by atomic mass is 32.2. The Labute approximate surface area is 155 Å². The van der Waals surface area contributed by atoms with Crippen LogP contribution in [-0.2, 0) is 11.3 Å². The maximum absolute atomic E-state index is 13.4. The average molecular weight is 371 g/mol. The highest BCUT2D eigenvalue weighted by Gasteiger charge is 2.16. The zero-order chi connectivity index (χ0) is 18.4. The Kier molecular flexibility index (Phi) is 5.96. The van der Waals surface area contributed by atoms with Crippen LogP contribution in [-0.4, -0.2) is 43.3 Å². The Morgan fingerprint density at radius 1 is 1.19 bits per heavy atom. The highest BCUT2D eigenvalue weighted by molar-refractivity contribution is 7.99. The van der Waals surface area contributed by atoms with Crippen molar-refractivity contribution in [2.75, 3.05) is 12.3 Å². The van der Waals surface area contributed by atoms with Crippen LogP contribution in [0.15, 0.2) is 59.8 Å². The summed E-state index contributed by atoms with van der Waals surface area (Å²) in [6, 6.07) is 15.8. The third-order valence-electron chi connectivity index (χ3n) is 3.77. The van der Waals surface area contributed by atoms with Gasteiger partial charge in [0, 0.05) is 13.1 Å². The predicted molar refractivity (Wildman–Crippen MR) is 97.4 cm³/mol. The molecule has 0 aliphatic rings. The molecule has 26 heavy (non-hydrogen) atoms. The molecule has 0 atom stereocenters. The van der Waals surface area contributed by atoms with Crippen molar-refractivity contribution < 1.29 is 9.18 Å². The Bertz CT molecular complexity index is 871. The van der Waals surface area contributed by atoms with Crippen molar-refractivity contribution >= 4 is 17.7 Å². The minimum Gasteiger partial charge on any atom is -0.338 e. The summed E-state index contributed by atoms with van der Waals surface area (Å²) >= 11 is 1.23. The Morgan fingerprint density at radius 2 is 2.00 bits per heavy atom. The van der Waals surface area contributed by atoms with Crippen molar-refractivity contribution in [1.82, 2.24) is 25.1 Å². The first-order valence-electron chi connectivity index (χ1n) is 8.16. The lowest BCUT2D eigenvalue weighted by Gasteiger charge is -2.20. The number of aromatic nitrogens is 4. The van der Waals surface area contributed by atoms with E-state index < -0.39 is 0 Å². The summed E-state index contributed by atoms with van der Waals surface area (Å²) in [7, 11) is 0. The molecule has 0 bridgehead atoms. The maximum atomic E-state index is 13.4. The molecule has 3 rings (SSSR count). The summed E-state index contributed by atoms with van der Waals surface area (Å²) in [5, 5.41) is 11.9. The van der Waals surface area contributed by atoms with Crippen molar-refractivity contribution in [2.45, 2.75) is 18.6 Å². The van der Waals surface area contributed by atoms with Gasteiger partial charge >= 0.3 is 0 Å². The van der Waals surface area contributed by atoms with E-state index in [1.54, 1.807) is 17.0 Å². The number of hydrogen-bond acceptors (Lipinski definition) is 5. The van der Waals surface area contributed by atoms with Gasteiger partial charge in [0.2, 0.25) is 11.1 Å². The van der Waals surface area contributed by atoms with E-state index in [4.69, 9.17) is 0 Å². The van der Waals surface area contributed by atoms with Crippen LogP contribution in [0.5, 0.6) is 0 Å².